The SMILES string of the molecule is Cc1ccccc1NC(=O)C[C@H]1C(=O)Nc2ccccc2N1CC(=O)N(C)[C@@H]1CCS(=O)(=O)C1. The molecule has 1 fully saturated rings. The van der Waals surface area contributed by atoms with Crippen molar-refractivity contribution in [1.29, 1.82) is 0 Å². The van der Waals surface area contributed by atoms with E-state index in [1.807, 2.05) is 25.1 Å². The van der Waals surface area contributed by atoms with Crippen LogP contribution in [0, 0.1) is 6.92 Å². The van der Waals surface area contributed by atoms with Gasteiger partial charge in [0.15, 0.2) is 9.84 Å². The van der Waals surface area contributed by atoms with E-state index in [0.717, 1.165) is 5.56 Å². The van der Waals surface area contributed by atoms with Gasteiger partial charge in [-0.05, 0) is 37.1 Å². The minimum Gasteiger partial charge on any atom is -0.348 e. The maximum atomic E-state index is 13.1. The molecule has 2 aromatic carbocycles. The number of anilines is 3. The van der Waals surface area contributed by atoms with Gasteiger partial charge in [0.25, 0.3) is 0 Å². The molecule has 1 saturated heterocycles. The molecule has 0 aliphatic carbocycles. The van der Waals surface area contributed by atoms with Crippen molar-refractivity contribution >= 4 is 44.6 Å². The van der Waals surface area contributed by atoms with Gasteiger partial charge in [-0.2, -0.15) is 0 Å². The summed E-state index contributed by atoms with van der Waals surface area (Å²) in [6.07, 6.45) is 0.243. The van der Waals surface area contributed by atoms with Crippen LogP contribution in [0.1, 0.15) is 18.4 Å². The highest BCUT2D eigenvalue weighted by Crippen LogP contribution is 2.33. The smallest absolute Gasteiger partial charge is 0.247 e. The quantitative estimate of drug-likeness (QED) is 0.646. The van der Waals surface area contributed by atoms with Crippen LogP contribution >= 0.6 is 0 Å². The zero-order valence-electron chi connectivity index (χ0n) is 19.2. The molecule has 10 heteroatoms. The van der Waals surface area contributed by atoms with Crippen molar-refractivity contribution in [1.82, 2.24) is 4.90 Å². The molecule has 2 N–H and O–H groups in total. The van der Waals surface area contributed by atoms with E-state index < -0.39 is 21.9 Å². The van der Waals surface area contributed by atoms with E-state index in [0.29, 0.717) is 23.5 Å². The number of aryl methyl sites for hydroxylation is 1. The molecule has 0 saturated carbocycles. The van der Waals surface area contributed by atoms with E-state index in [-0.39, 0.29) is 42.2 Å². The highest BCUT2D eigenvalue weighted by molar-refractivity contribution is 7.91. The number of nitrogens with zero attached hydrogens (tertiary/aromatic N) is 2. The van der Waals surface area contributed by atoms with Gasteiger partial charge in [-0.3, -0.25) is 14.4 Å². The molecular formula is C24H28N4O5S. The molecule has 180 valence electrons. The summed E-state index contributed by atoms with van der Waals surface area (Å²) in [5, 5.41) is 5.67. The molecule has 0 aromatic heterocycles. The predicted octanol–water partition coefficient (Wildman–Crippen LogP) is 1.80. The highest BCUT2D eigenvalue weighted by atomic mass is 32.2. The van der Waals surface area contributed by atoms with Crippen molar-refractivity contribution < 1.29 is 22.8 Å². The second-order valence-electron chi connectivity index (χ2n) is 8.78. The van der Waals surface area contributed by atoms with Gasteiger partial charge in [0.1, 0.15) is 6.04 Å². The Bertz CT molecular complexity index is 1230. The van der Waals surface area contributed by atoms with E-state index in [2.05, 4.69) is 10.6 Å². The van der Waals surface area contributed by atoms with Crippen LogP contribution in [0.15, 0.2) is 48.5 Å². The van der Waals surface area contributed by atoms with Crippen LogP contribution in [0.4, 0.5) is 17.1 Å². The maximum absolute atomic E-state index is 13.1. The van der Waals surface area contributed by atoms with Crippen LogP contribution in [0.2, 0.25) is 0 Å². The van der Waals surface area contributed by atoms with E-state index in [4.69, 9.17) is 0 Å². The lowest BCUT2D eigenvalue weighted by Gasteiger charge is -2.38. The summed E-state index contributed by atoms with van der Waals surface area (Å²) >= 11 is 0. The van der Waals surface area contributed by atoms with Gasteiger partial charge in [-0.25, -0.2) is 8.42 Å². The lowest BCUT2D eigenvalue weighted by Crippen LogP contribution is -2.54. The average Bonchev–Trinajstić information content (AvgIpc) is 3.16. The number of benzene rings is 2. The van der Waals surface area contributed by atoms with Gasteiger partial charge in [0, 0.05) is 18.8 Å². The van der Waals surface area contributed by atoms with Crippen molar-refractivity contribution in [3.8, 4) is 0 Å². The Morgan fingerprint density at radius 3 is 2.56 bits per heavy atom. The maximum Gasteiger partial charge on any atom is 0.247 e. The third-order valence-electron chi connectivity index (χ3n) is 6.40. The number of rotatable bonds is 6. The molecule has 2 atom stereocenters. The number of sulfone groups is 1. The van der Waals surface area contributed by atoms with Crippen molar-refractivity contribution in [3.05, 3.63) is 54.1 Å². The van der Waals surface area contributed by atoms with Crippen LogP contribution in [0.25, 0.3) is 0 Å². The van der Waals surface area contributed by atoms with E-state index in [1.54, 1.807) is 42.3 Å². The number of carbonyl (C=O) groups is 3. The fourth-order valence-electron chi connectivity index (χ4n) is 4.39. The molecule has 0 spiro atoms. The number of likely N-dealkylation sites (N-methyl/N-ethyl adjacent to an activating group) is 1. The largest absolute Gasteiger partial charge is 0.348 e. The first-order chi connectivity index (χ1) is 16.1. The lowest BCUT2D eigenvalue weighted by molar-refractivity contribution is -0.130. The molecule has 2 heterocycles. The van der Waals surface area contributed by atoms with Crippen molar-refractivity contribution in [2.75, 3.05) is 40.6 Å². The topological polar surface area (TPSA) is 116 Å². The highest BCUT2D eigenvalue weighted by Gasteiger charge is 2.38. The average molecular weight is 485 g/mol. The number of hydrogen-bond donors (Lipinski definition) is 2. The fraction of sp³-hybridized carbons (Fsp3) is 0.375. The van der Waals surface area contributed by atoms with Gasteiger partial charge >= 0.3 is 0 Å². The Labute approximate surface area is 199 Å². The van der Waals surface area contributed by atoms with Crippen LogP contribution in [-0.4, -0.2) is 68.2 Å². The molecular weight excluding hydrogens is 456 g/mol. The summed E-state index contributed by atoms with van der Waals surface area (Å²) in [6, 6.07) is 13.2. The lowest BCUT2D eigenvalue weighted by atomic mass is 10.0. The number of carbonyl (C=O) groups excluding carboxylic acids is 3. The second-order valence-corrected chi connectivity index (χ2v) is 11.0. The number of hydrogen-bond acceptors (Lipinski definition) is 6. The third-order valence-corrected chi connectivity index (χ3v) is 8.15. The normalized spacial score (nSPS) is 20.9. The van der Waals surface area contributed by atoms with Crippen molar-refractivity contribution in [2.24, 2.45) is 0 Å². The molecule has 0 bridgehead atoms. The standard InChI is InChI=1S/C24H28N4O5S/c1-16-7-3-4-8-18(16)25-22(29)13-21-24(31)26-19-9-5-6-10-20(19)28(21)14-23(30)27(2)17-11-12-34(32,33)15-17/h3-10,17,21H,11-15H2,1-2H3,(H,25,29)(H,26,31)/t17-,21+/m1/s1. The Balaban J connectivity index is 1.55. The summed E-state index contributed by atoms with van der Waals surface area (Å²) < 4.78 is 23.7. The molecule has 2 aliphatic heterocycles. The van der Waals surface area contributed by atoms with Gasteiger partial charge < -0.3 is 20.4 Å². The van der Waals surface area contributed by atoms with E-state index in [9.17, 15) is 22.8 Å². The fourth-order valence-corrected chi connectivity index (χ4v) is 6.16. The predicted molar refractivity (Wildman–Crippen MR) is 130 cm³/mol. The summed E-state index contributed by atoms with van der Waals surface area (Å²) in [7, 11) is -1.56. The van der Waals surface area contributed by atoms with Gasteiger partial charge in [-0.15, -0.1) is 0 Å². The summed E-state index contributed by atoms with van der Waals surface area (Å²) in [4.78, 5) is 42.1. The summed E-state index contributed by atoms with van der Waals surface area (Å²) in [5.74, 6) is -1.03. The van der Waals surface area contributed by atoms with Crippen molar-refractivity contribution in [3.63, 3.8) is 0 Å². The van der Waals surface area contributed by atoms with Crippen LogP contribution in [-0.2, 0) is 24.2 Å². The third kappa shape index (κ3) is 5.06. The van der Waals surface area contributed by atoms with Gasteiger partial charge in [-0.1, -0.05) is 30.3 Å². The first-order valence-electron chi connectivity index (χ1n) is 11.1. The van der Waals surface area contributed by atoms with Crippen LogP contribution in [0.5, 0.6) is 0 Å². The molecule has 9 nitrogen and oxygen atoms in total. The monoisotopic (exact) mass is 484 g/mol. The summed E-state index contributed by atoms with van der Waals surface area (Å²) in [5.41, 5.74) is 2.75. The van der Waals surface area contributed by atoms with E-state index in [1.165, 1.54) is 4.90 Å². The molecule has 3 amide bonds. The minimum atomic E-state index is -3.15. The Hall–Kier alpha value is -3.40. The Kier molecular flexibility index (Phi) is 6.60. The molecule has 2 aliphatic rings. The van der Waals surface area contributed by atoms with E-state index >= 15 is 0 Å². The van der Waals surface area contributed by atoms with Gasteiger partial charge in [0.05, 0.1) is 35.8 Å². The molecule has 0 unspecified atom stereocenters. The Morgan fingerprint density at radius 1 is 1.15 bits per heavy atom. The molecule has 0 radical (unpaired) electrons. The first-order valence-corrected chi connectivity index (χ1v) is 12.9. The first kappa shape index (κ1) is 23.7. The van der Waals surface area contributed by atoms with Crippen LogP contribution < -0.4 is 15.5 Å². The number of nitrogens with one attached hydrogen (secondary N) is 2. The second kappa shape index (κ2) is 9.46. The molecule has 34 heavy (non-hydrogen) atoms. The van der Waals surface area contributed by atoms with Crippen LogP contribution in [0.3, 0.4) is 0 Å². The number of fused-ring (bicyclic) bond motifs is 1. The number of amides is 3. The molecule has 4 rings (SSSR count). The summed E-state index contributed by atoms with van der Waals surface area (Å²) in [6.45, 7) is 1.73. The zero-order chi connectivity index (χ0) is 24.5. The Morgan fingerprint density at radius 2 is 1.85 bits per heavy atom. The van der Waals surface area contributed by atoms with Crippen molar-refractivity contribution in [2.45, 2.75) is 31.8 Å². The molecule has 2 aromatic rings. The minimum absolute atomic E-state index is 0.0609. The zero-order valence-corrected chi connectivity index (χ0v) is 20.0. The number of para-hydroxylation sites is 3. The van der Waals surface area contributed by atoms with Gasteiger partial charge in [0.2, 0.25) is 17.7 Å².